The standard InChI is InChI=1S/C27H29NO2/c1-19-8-9-20(2)25(18-19)26(28-16-14-24(15-17-28)27(29)30)23-12-10-22(11-13-23)21-6-4-3-5-7-21/h3-13,18,24,26H,14-17H2,1-2H3,(H,29,30). The first kappa shape index (κ1) is 20.4. The summed E-state index contributed by atoms with van der Waals surface area (Å²) in [4.78, 5) is 13.9. The molecule has 1 atom stereocenters. The van der Waals surface area contributed by atoms with Gasteiger partial charge in [0.2, 0.25) is 0 Å². The molecule has 30 heavy (non-hydrogen) atoms. The first-order chi connectivity index (χ1) is 14.5. The second-order valence-corrected chi connectivity index (χ2v) is 8.40. The number of benzene rings is 3. The van der Waals surface area contributed by atoms with Crippen LogP contribution < -0.4 is 0 Å². The topological polar surface area (TPSA) is 40.5 Å². The molecule has 1 fully saturated rings. The van der Waals surface area contributed by atoms with Gasteiger partial charge in [-0.25, -0.2) is 0 Å². The van der Waals surface area contributed by atoms with Crippen LogP contribution >= 0.6 is 0 Å². The van der Waals surface area contributed by atoms with Crippen molar-refractivity contribution in [1.29, 1.82) is 0 Å². The molecule has 0 amide bonds. The molecule has 0 aliphatic carbocycles. The molecule has 0 bridgehead atoms. The van der Waals surface area contributed by atoms with E-state index in [1.54, 1.807) is 0 Å². The van der Waals surface area contributed by atoms with Crippen molar-refractivity contribution in [3.8, 4) is 11.1 Å². The molecule has 0 aromatic heterocycles. The van der Waals surface area contributed by atoms with Crippen LogP contribution in [0.4, 0.5) is 0 Å². The molecule has 154 valence electrons. The van der Waals surface area contributed by atoms with Crippen molar-refractivity contribution in [2.24, 2.45) is 5.92 Å². The van der Waals surface area contributed by atoms with Gasteiger partial charge in [-0.05, 0) is 67.6 Å². The summed E-state index contributed by atoms with van der Waals surface area (Å²) < 4.78 is 0. The number of carboxylic acid groups (broad SMARTS) is 1. The minimum atomic E-state index is -0.662. The fourth-order valence-corrected chi connectivity index (χ4v) is 4.53. The van der Waals surface area contributed by atoms with Crippen LogP contribution in [0, 0.1) is 19.8 Å². The Labute approximate surface area is 179 Å². The van der Waals surface area contributed by atoms with Crippen LogP contribution in [0.3, 0.4) is 0 Å². The van der Waals surface area contributed by atoms with E-state index in [2.05, 4.69) is 85.5 Å². The van der Waals surface area contributed by atoms with Crippen LogP contribution in [-0.2, 0) is 4.79 Å². The highest BCUT2D eigenvalue weighted by atomic mass is 16.4. The van der Waals surface area contributed by atoms with Gasteiger partial charge in [0.05, 0.1) is 12.0 Å². The maximum absolute atomic E-state index is 11.4. The Kier molecular flexibility index (Phi) is 6.01. The normalized spacial score (nSPS) is 16.3. The van der Waals surface area contributed by atoms with Crippen LogP contribution in [0.5, 0.6) is 0 Å². The number of aliphatic carboxylic acids is 1. The average Bonchev–Trinajstić information content (AvgIpc) is 2.78. The van der Waals surface area contributed by atoms with E-state index < -0.39 is 5.97 Å². The zero-order valence-corrected chi connectivity index (χ0v) is 17.7. The average molecular weight is 400 g/mol. The number of rotatable bonds is 5. The lowest BCUT2D eigenvalue weighted by atomic mass is 9.88. The second-order valence-electron chi connectivity index (χ2n) is 8.40. The van der Waals surface area contributed by atoms with Crippen molar-refractivity contribution in [2.45, 2.75) is 32.7 Å². The van der Waals surface area contributed by atoms with Gasteiger partial charge in [-0.15, -0.1) is 0 Å². The number of hydrogen-bond acceptors (Lipinski definition) is 2. The lowest BCUT2D eigenvalue weighted by Gasteiger charge is -2.38. The number of aryl methyl sites for hydroxylation is 2. The van der Waals surface area contributed by atoms with Crippen molar-refractivity contribution in [3.05, 3.63) is 95.1 Å². The summed E-state index contributed by atoms with van der Waals surface area (Å²) in [7, 11) is 0. The molecule has 1 aliphatic heterocycles. The third-order valence-corrected chi connectivity index (χ3v) is 6.31. The molecule has 0 spiro atoms. The monoisotopic (exact) mass is 399 g/mol. The molecule has 4 rings (SSSR count). The summed E-state index contributed by atoms with van der Waals surface area (Å²) in [6.07, 6.45) is 1.41. The van der Waals surface area contributed by atoms with Crippen LogP contribution in [0.1, 0.15) is 41.1 Å². The van der Waals surface area contributed by atoms with Gasteiger partial charge in [-0.3, -0.25) is 9.69 Å². The van der Waals surface area contributed by atoms with E-state index in [0.29, 0.717) is 12.8 Å². The fourth-order valence-electron chi connectivity index (χ4n) is 4.53. The van der Waals surface area contributed by atoms with Crippen LogP contribution in [0.15, 0.2) is 72.8 Å². The zero-order valence-electron chi connectivity index (χ0n) is 17.7. The number of nitrogens with zero attached hydrogens (tertiary/aromatic N) is 1. The van der Waals surface area contributed by atoms with E-state index in [4.69, 9.17) is 0 Å². The van der Waals surface area contributed by atoms with Crippen molar-refractivity contribution in [1.82, 2.24) is 4.90 Å². The maximum atomic E-state index is 11.4. The molecule has 3 nitrogen and oxygen atoms in total. The SMILES string of the molecule is Cc1ccc(C)c(C(c2ccc(-c3ccccc3)cc2)N2CCC(C(=O)O)CC2)c1. The van der Waals surface area contributed by atoms with Crippen molar-refractivity contribution in [3.63, 3.8) is 0 Å². The highest BCUT2D eigenvalue weighted by Gasteiger charge is 2.30. The molecular weight excluding hydrogens is 370 g/mol. The van der Waals surface area contributed by atoms with Gasteiger partial charge in [0.1, 0.15) is 0 Å². The molecule has 0 radical (unpaired) electrons. The summed E-state index contributed by atoms with van der Waals surface area (Å²) in [5.74, 6) is -0.883. The van der Waals surface area contributed by atoms with E-state index in [0.717, 1.165) is 13.1 Å². The van der Waals surface area contributed by atoms with Crippen LogP contribution in [0.2, 0.25) is 0 Å². The predicted octanol–water partition coefficient (Wildman–Crippen LogP) is 5.86. The highest BCUT2D eigenvalue weighted by molar-refractivity contribution is 5.70. The van der Waals surface area contributed by atoms with Gasteiger partial charge >= 0.3 is 5.97 Å². The predicted molar refractivity (Wildman–Crippen MR) is 122 cm³/mol. The second kappa shape index (κ2) is 8.85. The number of likely N-dealkylation sites (tertiary alicyclic amines) is 1. The quantitative estimate of drug-likeness (QED) is 0.584. The van der Waals surface area contributed by atoms with Gasteiger partial charge in [0, 0.05) is 0 Å². The summed E-state index contributed by atoms with van der Waals surface area (Å²) in [6, 6.07) is 26.1. The molecule has 1 N–H and O–H groups in total. The van der Waals surface area contributed by atoms with Gasteiger partial charge in [0.25, 0.3) is 0 Å². The minimum absolute atomic E-state index is 0.143. The first-order valence-corrected chi connectivity index (χ1v) is 10.7. The molecule has 1 heterocycles. The van der Waals surface area contributed by atoms with E-state index in [-0.39, 0.29) is 12.0 Å². The summed E-state index contributed by atoms with van der Waals surface area (Å²) >= 11 is 0. The van der Waals surface area contributed by atoms with E-state index >= 15 is 0 Å². The van der Waals surface area contributed by atoms with Crippen LogP contribution in [-0.4, -0.2) is 29.1 Å². The molecule has 3 aromatic carbocycles. The zero-order chi connectivity index (χ0) is 21.1. The van der Waals surface area contributed by atoms with Gasteiger partial charge in [-0.1, -0.05) is 78.4 Å². The number of hydrogen-bond donors (Lipinski definition) is 1. The lowest BCUT2D eigenvalue weighted by molar-refractivity contribution is -0.143. The fraction of sp³-hybridized carbons (Fsp3) is 0.296. The van der Waals surface area contributed by atoms with Crippen molar-refractivity contribution in [2.75, 3.05) is 13.1 Å². The lowest BCUT2D eigenvalue weighted by Crippen LogP contribution is -2.39. The van der Waals surface area contributed by atoms with Gasteiger partial charge in [-0.2, -0.15) is 0 Å². The summed E-state index contributed by atoms with van der Waals surface area (Å²) in [6.45, 7) is 5.91. The Bertz CT molecular complexity index is 1000. The highest BCUT2D eigenvalue weighted by Crippen LogP contribution is 2.35. The largest absolute Gasteiger partial charge is 0.481 e. The Balaban J connectivity index is 1.69. The number of piperidine rings is 1. The number of carboxylic acids is 1. The Morgan fingerprint density at radius 2 is 1.53 bits per heavy atom. The van der Waals surface area contributed by atoms with E-state index in [1.165, 1.54) is 33.4 Å². The third-order valence-electron chi connectivity index (χ3n) is 6.31. The molecule has 1 unspecified atom stereocenters. The molecule has 1 saturated heterocycles. The van der Waals surface area contributed by atoms with Crippen molar-refractivity contribution >= 4 is 5.97 Å². The maximum Gasteiger partial charge on any atom is 0.306 e. The molecular formula is C27H29NO2. The van der Waals surface area contributed by atoms with E-state index in [9.17, 15) is 9.90 Å². The smallest absolute Gasteiger partial charge is 0.306 e. The first-order valence-electron chi connectivity index (χ1n) is 10.7. The Morgan fingerprint density at radius 3 is 2.17 bits per heavy atom. The summed E-state index contributed by atoms with van der Waals surface area (Å²) in [5, 5.41) is 9.40. The Morgan fingerprint density at radius 1 is 0.900 bits per heavy atom. The van der Waals surface area contributed by atoms with Crippen molar-refractivity contribution < 1.29 is 9.90 Å². The molecule has 1 aliphatic rings. The molecule has 0 saturated carbocycles. The minimum Gasteiger partial charge on any atom is -0.481 e. The molecule has 3 aromatic rings. The van der Waals surface area contributed by atoms with E-state index in [1.807, 2.05) is 6.07 Å². The number of carbonyl (C=O) groups is 1. The van der Waals surface area contributed by atoms with Gasteiger partial charge in [0.15, 0.2) is 0 Å². The van der Waals surface area contributed by atoms with Gasteiger partial charge < -0.3 is 5.11 Å². The molecule has 3 heteroatoms. The summed E-state index contributed by atoms with van der Waals surface area (Å²) in [5.41, 5.74) is 7.53. The van der Waals surface area contributed by atoms with Crippen LogP contribution in [0.25, 0.3) is 11.1 Å². The third kappa shape index (κ3) is 4.31. The Hall–Kier alpha value is -2.91.